The van der Waals surface area contributed by atoms with Crippen molar-refractivity contribution in [3.05, 3.63) is 81.5 Å². The number of hydrogen-bond acceptors (Lipinski definition) is 3. The van der Waals surface area contributed by atoms with E-state index in [1.54, 1.807) is 4.57 Å². The molecule has 0 aliphatic rings. The molecule has 0 saturated carbocycles. The summed E-state index contributed by atoms with van der Waals surface area (Å²) in [5.41, 5.74) is 3.67. The lowest BCUT2D eigenvalue weighted by atomic mass is 9.99. The van der Waals surface area contributed by atoms with Crippen LogP contribution in [-0.4, -0.2) is 11.1 Å². The Morgan fingerprint density at radius 2 is 1.86 bits per heavy atom. The summed E-state index contributed by atoms with van der Waals surface area (Å²) >= 11 is 1.33. The Morgan fingerprint density at radius 1 is 1.07 bits per heavy atom. The molecule has 0 radical (unpaired) electrons. The Morgan fingerprint density at radius 3 is 2.71 bits per heavy atom. The number of benzene rings is 3. The van der Waals surface area contributed by atoms with E-state index in [2.05, 4.69) is 72.9 Å². The van der Waals surface area contributed by atoms with Gasteiger partial charge in [0.25, 0.3) is 0 Å². The number of fused-ring (bicyclic) bond motifs is 2. The van der Waals surface area contributed by atoms with E-state index in [-0.39, 0.29) is 17.3 Å². The molecule has 1 unspecified atom stereocenters. The van der Waals surface area contributed by atoms with Gasteiger partial charge in [0.05, 0.1) is 10.2 Å². The Hall–Kier alpha value is -2.14. The molecule has 146 valence electrons. The van der Waals surface area contributed by atoms with Gasteiger partial charge in [0.2, 0.25) is 0 Å². The van der Waals surface area contributed by atoms with E-state index < -0.39 is 0 Å². The quantitative estimate of drug-likeness (QED) is 0.427. The van der Waals surface area contributed by atoms with Crippen molar-refractivity contribution >= 4 is 44.7 Å². The number of aryl methyl sites for hydroxylation is 2. The molecule has 5 heteroatoms. The summed E-state index contributed by atoms with van der Waals surface area (Å²) in [6, 6.07) is 21.8. The average molecular weight is 413 g/mol. The third-order valence-electron chi connectivity index (χ3n) is 5.24. The lowest BCUT2D eigenvalue weighted by Gasteiger charge is -2.16. The average Bonchev–Trinajstić information content (AvgIpc) is 2.98. The molecule has 28 heavy (non-hydrogen) atoms. The van der Waals surface area contributed by atoms with Crippen molar-refractivity contribution in [3.8, 4) is 0 Å². The predicted octanol–water partition coefficient (Wildman–Crippen LogP) is 5.46. The normalized spacial score (nSPS) is 12.2. The molecule has 3 nitrogen and oxygen atoms in total. The fourth-order valence-corrected chi connectivity index (χ4v) is 4.63. The summed E-state index contributed by atoms with van der Waals surface area (Å²) in [6.45, 7) is 3.20. The van der Waals surface area contributed by atoms with Gasteiger partial charge < -0.3 is 9.88 Å². The van der Waals surface area contributed by atoms with E-state index >= 15 is 0 Å². The van der Waals surface area contributed by atoms with Gasteiger partial charge in [-0.25, -0.2) is 0 Å². The SMILES string of the molecule is CC(NCCCc1ccc2c(c1)sc(=O)n2C)c1cccc2ccccc12.Cl. The Balaban J connectivity index is 0.00000225. The molecule has 4 aromatic rings. The summed E-state index contributed by atoms with van der Waals surface area (Å²) < 4.78 is 2.80. The van der Waals surface area contributed by atoms with Gasteiger partial charge in [0.1, 0.15) is 0 Å². The number of aromatic nitrogens is 1. The molecule has 0 amide bonds. The van der Waals surface area contributed by atoms with Crippen LogP contribution in [0.3, 0.4) is 0 Å². The van der Waals surface area contributed by atoms with Crippen LogP contribution in [-0.2, 0) is 13.5 Å². The van der Waals surface area contributed by atoms with Crippen LogP contribution in [0, 0.1) is 0 Å². The molecule has 0 bridgehead atoms. The van der Waals surface area contributed by atoms with Crippen LogP contribution in [0.25, 0.3) is 21.0 Å². The van der Waals surface area contributed by atoms with Gasteiger partial charge in [0, 0.05) is 13.1 Å². The van der Waals surface area contributed by atoms with Crippen molar-refractivity contribution in [2.24, 2.45) is 7.05 Å². The highest BCUT2D eigenvalue weighted by molar-refractivity contribution is 7.16. The molecular formula is C23H25ClN2OS. The fourth-order valence-electron chi connectivity index (χ4n) is 3.68. The second-order valence-corrected chi connectivity index (χ2v) is 8.07. The zero-order valence-electron chi connectivity index (χ0n) is 16.1. The molecule has 3 aromatic carbocycles. The van der Waals surface area contributed by atoms with E-state index in [4.69, 9.17) is 0 Å². The standard InChI is InChI=1S/C23H24N2OS.ClH/c1-16(19-11-5-9-18-8-3-4-10-20(18)19)24-14-6-7-17-12-13-21-22(15-17)27-23(26)25(21)2;/h3-5,8-13,15-16,24H,6-7,14H2,1-2H3;1H. The zero-order chi connectivity index (χ0) is 18.8. The van der Waals surface area contributed by atoms with Gasteiger partial charge in [-0.2, -0.15) is 0 Å². The molecule has 0 spiro atoms. The van der Waals surface area contributed by atoms with E-state index in [0.717, 1.165) is 29.6 Å². The molecule has 4 rings (SSSR count). The lowest BCUT2D eigenvalue weighted by molar-refractivity contribution is 0.561. The number of nitrogens with zero attached hydrogens (tertiary/aromatic N) is 1. The molecular weight excluding hydrogens is 388 g/mol. The van der Waals surface area contributed by atoms with Gasteiger partial charge in [0.15, 0.2) is 0 Å². The monoisotopic (exact) mass is 412 g/mol. The zero-order valence-corrected chi connectivity index (χ0v) is 17.8. The maximum Gasteiger partial charge on any atom is 0.307 e. The van der Waals surface area contributed by atoms with Gasteiger partial charge >= 0.3 is 4.87 Å². The molecule has 1 aromatic heterocycles. The topological polar surface area (TPSA) is 34.0 Å². The summed E-state index contributed by atoms with van der Waals surface area (Å²) in [7, 11) is 1.83. The summed E-state index contributed by atoms with van der Waals surface area (Å²) in [5.74, 6) is 0. The Kier molecular flexibility index (Phi) is 6.55. The van der Waals surface area contributed by atoms with Crippen LogP contribution in [0.2, 0.25) is 0 Å². The smallest absolute Gasteiger partial charge is 0.307 e. The first-order valence-electron chi connectivity index (χ1n) is 9.43. The minimum Gasteiger partial charge on any atom is -0.310 e. The first-order chi connectivity index (χ1) is 13.1. The van der Waals surface area contributed by atoms with Crippen LogP contribution in [0.5, 0.6) is 0 Å². The van der Waals surface area contributed by atoms with Crippen LogP contribution in [0.15, 0.2) is 65.5 Å². The highest BCUT2D eigenvalue weighted by atomic mass is 35.5. The van der Waals surface area contributed by atoms with E-state index in [1.807, 2.05) is 7.05 Å². The Labute approximate surface area is 175 Å². The van der Waals surface area contributed by atoms with Gasteiger partial charge in [-0.1, -0.05) is 59.9 Å². The number of halogens is 1. The highest BCUT2D eigenvalue weighted by Crippen LogP contribution is 2.24. The van der Waals surface area contributed by atoms with E-state index in [0.29, 0.717) is 6.04 Å². The number of thiazole rings is 1. The van der Waals surface area contributed by atoms with Crippen molar-refractivity contribution in [1.29, 1.82) is 0 Å². The summed E-state index contributed by atoms with van der Waals surface area (Å²) in [6.07, 6.45) is 2.09. The van der Waals surface area contributed by atoms with Crippen molar-refractivity contribution in [2.45, 2.75) is 25.8 Å². The maximum absolute atomic E-state index is 11.8. The minimum atomic E-state index is 0. The second kappa shape index (κ2) is 8.91. The van der Waals surface area contributed by atoms with Crippen molar-refractivity contribution < 1.29 is 0 Å². The number of hydrogen-bond donors (Lipinski definition) is 1. The van der Waals surface area contributed by atoms with Gasteiger partial charge in [-0.3, -0.25) is 4.79 Å². The maximum atomic E-state index is 11.8. The first kappa shape index (κ1) is 20.6. The molecule has 0 aliphatic carbocycles. The predicted molar refractivity (Wildman–Crippen MR) is 123 cm³/mol. The van der Waals surface area contributed by atoms with Crippen LogP contribution in [0.1, 0.15) is 30.5 Å². The number of nitrogens with one attached hydrogen (secondary N) is 1. The molecule has 0 saturated heterocycles. The molecule has 1 heterocycles. The van der Waals surface area contributed by atoms with E-state index in [9.17, 15) is 4.79 Å². The Bertz CT molecular complexity index is 1140. The molecule has 1 N–H and O–H groups in total. The van der Waals surface area contributed by atoms with Gasteiger partial charge in [-0.05, 0) is 60.3 Å². The molecule has 0 fully saturated rings. The third-order valence-corrected chi connectivity index (χ3v) is 6.23. The third kappa shape index (κ3) is 4.14. The van der Waals surface area contributed by atoms with Gasteiger partial charge in [-0.15, -0.1) is 12.4 Å². The van der Waals surface area contributed by atoms with Crippen molar-refractivity contribution in [2.75, 3.05) is 6.54 Å². The minimum absolute atomic E-state index is 0. The van der Waals surface area contributed by atoms with E-state index in [1.165, 1.54) is 33.2 Å². The lowest BCUT2D eigenvalue weighted by Crippen LogP contribution is -2.20. The van der Waals surface area contributed by atoms with Crippen LogP contribution >= 0.6 is 23.7 Å². The summed E-state index contributed by atoms with van der Waals surface area (Å²) in [4.78, 5) is 11.9. The highest BCUT2D eigenvalue weighted by Gasteiger charge is 2.09. The molecule has 1 atom stereocenters. The second-order valence-electron chi connectivity index (χ2n) is 7.08. The number of rotatable bonds is 6. The van der Waals surface area contributed by atoms with Crippen LogP contribution < -0.4 is 10.2 Å². The fraction of sp³-hybridized carbons (Fsp3) is 0.261. The molecule has 0 aliphatic heterocycles. The van der Waals surface area contributed by atoms with Crippen molar-refractivity contribution in [3.63, 3.8) is 0 Å². The van der Waals surface area contributed by atoms with Crippen LogP contribution in [0.4, 0.5) is 0 Å². The summed E-state index contributed by atoms with van der Waals surface area (Å²) in [5, 5.41) is 6.27. The first-order valence-corrected chi connectivity index (χ1v) is 10.2. The van der Waals surface area contributed by atoms with Crippen molar-refractivity contribution in [1.82, 2.24) is 9.88 Å². The largest absolute Gasteiger partial charge is 0.310 e.